The van der Waals surface area contributed by atoms with Crippen LogP contribution in [0.4, 0.5) is 0 Å². The van der Waals surface area contributed by atoms with Crippen LogP contribution < -0.4 is 9.47 Å². The molecule has 0 aliphatic rings. The SMILES string of the molecule is CCOc1ccccc1OCCSc1ncc(CCl)n1C. The Balaban J connectivity index is 1.83. The number of para-hydroxylation sites is 2. The summed E-state index contributed by atoms with van der Waals surface area (Å²) in [4.78, 5) is 4.34. The zero-order chi connectivity index (χ0) is 15.1. The first-order valence-corrected chi connectivity index (χ1v) is 8.32. The lowest BCUT2D eigenvalue weighted by Crippen LogP contribution is -2.04. The highest BCUT2D eigenvalue weighted by molar-refractivity contribution is 7.99. The molecule has 0 saturated heterocycles. The fourth-order valence-corrected chi connectivity index (χ4v) is 2.85. The minimum absolute atomic E-state index is 0.474. The molecule has 4 nitrogen and oxygen atoms in total. The fraction of sp³-hybridized carbons (Fsp3) is 0.400. The van der Waals surface area contributed by atoms with Gasteiger partial charge in [0.05, 0.1) is 31.0 Å². The number of aromatic nitrogens is 2. The van der Waals surface area contributed by atoms with Crippen molar-refractivity contribution < 1.29 is 9.47 Å². The first-order valence-electron chi connectivity index (χ1n) is 6.80. The van der Waals surface area contributed by atoms with Crippen LogP contribution in [0.15, 0.2) is 35.6 Å². The van der Waals surface area contributed by atoms with Crippen LogP contribution in [0.5, 0.6) is 11.5 Å². The van der Waals surface area contributed by atoms with E-state index in [9.17, 15) is 0 Å². The summed E-state index contributed by atoms with van der Waals surface area (Å²) in [5, 5.41) is 0.951. The largest absolute Gasteiger partial charge is 0.490 e. The Morgan fingerprint density at radius 1 is 1.24 bits per heavy atom. The molecule has 0 bridgehead atoms. The standard InChI is InChI=1S/C15H19ClN2O2S/c1-3-19-13-6-4-5-7-14(13)20-8-9-21-15-17-11-12(10-16)18(15)2/h4-7,11H,3,8-10H2,1-2H3. The van der Waals surface area contributed by atoms with Gasteiger partial charge in [-0.25, -0.2) is 4.98 Å². The molecule has 2 rings (SSSR count). The van der Waals surface area contributed by atoms with Gasteiger partial charge in [-0.3, -0.25) is 0 Å². The fourth-order valence-electron chi connectivity index (χ4n) is 1.81. The number of imidazole rings is 1. The van der Waals surface area contributed by atoms with E-state index >= 15 is 0 Å². The van der Waals surface area contributed by atoms with Crippen molar-refractivity contribution >= 4 is 23.4 Å². The molecule has 0 saturated carbocycles. The third kappa shape index (κ3) is 4.32. The molecule has 21 heavy (non-hydrogen) atoms. The molecule has 0 atom stereocenters. The van der Waals surface area contributed by atoms with Gasteiger partial charge in [-0.2, -0.15) is 0 Å². The number of benzene rings is 1. The van der Waals surface area contributed by atoms with E-state index in [0.717, 1.165) is 28.1 Å². The summed E-state index contributed by atoms with van der Waals surface area (Å²) in [5.74, 6) is 2.85. The molecule has 114 valence electrons. The van der Waals surface area contributed by atoms with E-state index in [0.29, 0.717) is 19.1 Å². The van der Waals surface area contributed by atoms with E-state index in [4.69, 9.17) is 21.1 Å². The number of halogens is 1. The van der Waals surface area contributed by atoms with E-state index in [1.165, 1.54) is 0 Å². The molecular weight excluding hydrogens is 308 g/mol. The van der Waals surface area contributed by atoms with E-state index < -0.39 is 0 Å². The summed E-state index contributed by atoms with van der Waals surface area (Å²) >= 11 is 7.47. The van der Waals surface area contributed by atoms with Gasteiger partial charge in [-0.05, 0) is 19.1 Å². The molecule has 0 spiro atoms. The molecule has 1 aromatic carbocycles. The highest BCUT2D eigenvalue weighted by atomic mass is 35.5. The van der Waals surface area contributed by atoms with Crippen LogP contribution in [0.1, 0.15) is 12.6 Å². The van der Waals surface area contributed by atoms with Gasteiger partial charge in [0.25, 0.3) is 0 Å². The van der Waals surface area contributed by atoms with Crippen molar-refractivity contribution in [1.82, 2.24) is 9.55 Å². The summed E-state index contributed by atoms with van der Waals surface area (Å²) in [6.45, 7) is 3.18. The average Bonchev–Trinajstić information content (AvgIpc) is 2.86. The maximum atomic E-state index is 5.83. The molecule has 0 aliphatic carbocycles. The third-order valence-corrected chi connectivity index (χ3v) is 4.18. The molecule has 1 heterocycles. The summed E-state index contributed by atoms with van der Waals surface area (Å²) < 4.78 is 13.3. The molecule has 1 aromatic heterocycles. The average molecular weight is 327 g/mol. The lowest BCUT2D eigenvalue weighted by Gasteiger charge is -2.11. The molecule has 6 heteroatoms. The Kier molecular flexibility index (Phi) is 6.26. The minimum atomic E-state index is 0.474. The smallest absolute Gasteiger partial charge is 0.168 e. The van der Waals surface area contributed by atoms with Crippen LogP contribution in [-0.4, -0.2) is 28.5 Å². The van der Waals surface area contributed by atoms with Crippen molar-refractivity contribution in [3.05, 3.63) is 36.2 Å². The lowest BCUT2D eigenvalue weighted by atomic mass is 10.3. The number of hydrogen-bond acceptors (Lipinski definition) is 4. The van der Waals surface area contributed by atoms with Gasteiger partial charge >= 0.3 is 0 Å². The molecule has 0 unspecified atom stereocenters. The Hall–Kier alpha value is -1.33. The number of alkyl halides is 1. The van der Waals surface area contributed by atoms with Crippen LogP contribution in [-0.2, 0) is 12.9 Å². The van der Waals surface area contributed by atoms with E-state index in [2.05, 4.69) is 4.98 Å². The Morgan fingerprint density at radius 3 is 2.57 bits per heavy atom. The summed E-state index contributed by atoms with van der Waals surface area (Å²) in [7, 11) is 1.97. The topological polar surface area (TPSA) is 36.3 Å². The van der Waals surface area contributed by atoms with Crippen molar-refractivity contribution in [3.8, 4) is 11.5 Å². The molecule has 0 fully saturated rings. The van der Waals surface area contributed by atoms with E-state index in [-0.39, 0.29) is 0 Å². The summed E-state index contributed by atoms with van der Waals surface area (Å²) in [5.41, 5.74) is 1.02. The van der Waals surface area contributed by atoms with Crippen molar-refractivity contribution in [2.45, 2.75) is 18.0 Å². The second-order valence-electron chi connectivity index (χ2n) is 4.30. The van der Waals surface area contributed by atoms with Crippen LogP contribution in [0, 0.1) is 0 Å². The van der Waals surface area contributed by atoms with Crippen LogP contribution in [0.2, 0.25) is 0 Å². The molecule has 0 aliphatic heterocycles. The van der Waals surface area contributed by atoms with Gasteiger partial charge in [-0.1, -0.05) is 23.9 Å². The number of ether oxygens (including phenoxy) is 2. The number of rotatable bonds is 8. The first-order chi connectivity index (χ1) is 10.3. The highest BCUT2D eigenvalue weighted by Gasteiger charge is 2.07. The Bertz CT molecular complexity index is 575. The van der Waals surface area contributed by atoms with Crippen molar-refractivity contribution in [2.24, 2.45) is 7.05 Å². The number of hydrogen-bond donors (Lipinski definition) is 0. The summed E-state index contributed by atoms with van der Waals surface area (Å²) in [6.07, 6.45) is 1.81. The minimum Gasteiger partial charge on any atom is -0.490 e. The Morgan fingerprint density at radius 2 is 1.95 bits per heavy atom. The molecular formula is C15H19ClN2O2S. The van der Waals surface area contributed by atoms with Crippen molar-refractivity contribution in [2.75, 3.05) is 19.0 Å². The summed E-state index contributed by atoms with van der Waals surface area (Å²) in [6, 6.07) is 7.71. The number of thioether (sulfide) groups is 1. The molecule has 0 amide bonds. The van der Waals surface area contributed by atoms with Gasteiger partial charge in [0, 0.05) is 12.8 Å². The van der Waals surface area contributed by atoms with Crippen LogP contribution >= 0.6 is 23.4 Å². The molecule has 0 radical (unpaired) electrons. The van der Waals surface area contributed by atoms with Gasteiger partial charge in [-0.15, -0.1) is 11.6 Å². The maximum Gasteiger partial charge on any atom is 0.168 e. The van der Waals surface area contributed by atoms with E-state index in [1.54, 1.807) is 18.0 Å². The van der Waals surface area contributed by atoms with Gasteiger partial charge in [0.2, 0.25) is 0 Å². The molecule has 2 aromatic rings. The third-order valence-electron chi connectivity index (χ3n) is 2.90. The normalized spacial score (nSPS) is 10.6. The quantitative estimate of drug-likeness (QED) is 0.421. The monoisotopic (exact) mass is 326 g/mol. The zero-order valence-corrected chi connectivity index (χ0v) is 13.8. The second kappa shape index (κ2) is 8.20. The van der Waals surface area contributed by atoms with E-state index in [1.807, 2.05) is 42.8 Å². The second-order valence-corrected chi connectivity index (χ2v) is 5.63. The maximum absolute atomic E-state index is 5.83. The molecule has 0 N–H and O–H groups in total. The van der Waals surface area contributed by atoms with Crippen molar-refractivity contribution in [3.63, 3.8) is 0 Å². The van der Waals surface area contributed by atoms with Gasteiger partial charge < -0.3 is 14.0 Å². The van der Waals surface area contributed by atoms with Crippen LogP contribution in [0.3, 0.4) is 0 Å². The highest BCUT2D eigenvalue weighted by Crippen LogP contribution is 2.27. The van der Waals surface area contributed by atoms with Gasteiger partial charge in [0.1, 0.15) is 0 Å². The first kappa shape index (κ1) is 16.0. The Labute approximate surface area is 134 Å². The zero-order valence-electron chi connectivity index (χ0n) is 12.2. The lowest BCUT2D eigenvalue weighted by molar-refractivity contribution is 0.289. The predicted octanol–water partition coefficient (Wildman–Crippen LogP) is 3.73. The predicted molar refractivity (Wildman–Crippen MR) is 86.6 cm³/mol. The van der Waals surface area contributed by atoms with Crippen LogP contribution in [0.25, 0.3) is 0 Å². The van der Waals surface area contributed by atoms with Crippen molar-refractivity contribution in [1.29, 1.82) is 0 Å². The van der Waals surface area contributed by atoms with Gasteiger partial charge in [0.15, 0.2) is 16.7 Å². The number of nitrogens with zero attached hydrogens (tertiary/aromatic N) is 2.